The molecule has 8 heteroatoms. The highest BCUT2D eigenvalue weighted by molar-refractivity contribution is 7.90. The molecule has 0 aliphatic heterocycles. The first-order valence-corrected chi connectivity index (χ1v) is 12.1. The van der Waals surface area contributed by atoms with Crippen LogP contribution in [0.1, 0.15) is 5.69 Å². The molecule has 2 aromatic carbocycles. The van der Waals surface area contributed by atoms with E-state index in [1.165, 1.54) is 18.4 Å². The SMILES string of the molecule is CS(=O)(=O)c1ccc(Oc2ccc(-c3cccc(CNCCn4ccnc4)n3)cc2)cc1. The summed E-state index contributed by atoms with van der Waals surface area (Å²) in [5.41, 5.74) is 2.85. The minimum atomic E-state index is -3.22. The van der Waals surface area contributed by atoms with Crippen molar-refractivity contribution in [2.75, 3.05) is 12.8 Å². The Kier molecular flexibility index (Phi) is 6.63. The van der Waals surface area contributed by atoms with Crippen LogP contribution >= 0.6 is 0 Å². The zero-order valence-electron chi connectivity index (χ0n) is 17.7. The first kappa shape index (κ1) is 21.7. The lowest BCUT2D eigenvalue weighted by molar-refractivity contribution is 0.482. The summed E-state index contributed by atoms with van der Waals surface area (Å²) in [4.78, 5) is 9.05. The molecule has 1 N–H and O–H groups in total. The third-order valence-electron chi connectivity index (χ3n) is 4.86. The predicted molar refractivity (Wildman–Crippen MR) is 123 cm³/mol. The summed E-state index contributed by atoms with van der Waals surface area (Å²) < 4.78 is 31.0. The molecule has 2 heterocycles. The average molecular weight is 449 g/mol. The number of sulfone groups is 1. The molecule has 7 nitrogen and oxygen atoms in total. The van der Waals surface area contributed by atoms with Gasteiger partial charge in [-0.05, 0) is 60.7 Å². The van der Waals surface area contributed by atoms with E-state index in [-0.39, 0.29) is 4.90 Å². The van der Waals surface area contributed by atoms with E-state index < -0.39 is 9.84 Å². The van der Waals surface area contributed by atoms with Crippen molar-refractivity contribution >= 4 is 9.84 Å². The second-order valence-electron chi connectivity index (χ2n) is 7.36. The van der Waals surface area contributed by atoms with Gasteiger partial charge in [-0.25, -0.2) is 13.4 Å². The largest absolute Gasteiger partial charge is 0.457 e. The van der Waals surface area contributed by atoms with Gasteiger partial charge >= 0.3 is 0 Å². The molecule has 4 aromatic rings. The van der Waals surface area contributed by atoms with E-state index in [1.807, 2.05) is 53.2 Å². The Balaban J connectivity index is 1.35. The number of hydrogen-bond acceptors (Lipinski definition) is 6. The summed E-state index contributed by atoms with van der Waals surface area (Å²) in [6, 6.07) is 20.0. The van der Waals surface area contributed by atoms with Crippen LogP contribution in [0.25, 0.3) is 11.3 Å². The molecular formula is C24H24N4O3S. The molecule has 0 unspecified atom stereocenters. The summed E-state index contributed by atoms with van der Waals surface area (Å²) in [7, 11) is -3.22. The number of pyridine rings is 1. The number of hydrogen-bond donors (Lipinski definition) is 1. The van der Waals surface area contributed by atoms with Gasteiger partial charge < -0.3 is 14.6 Å². The molecule has 164 valence electrons. The zero-order valence-corrected chi connectivity index (χ0v) is 18.5. The molecule has 0 fully saturated rings. The van der Waals surface area contributed by atoms with E-state index in [0.717, 1.165) is 30.0 Å². The highest BCUT2D eigenvalue weighted by Crippen LogP contribution is 2.26. The van der Waals surface area contributed by atoms with E-state index in [2.05, 4.69) is 10.3 Å². The van der Waals surface area contributed by atoms with Gasteiger partial charge in [0.15, 0.2) is 9.84 Å². The fourth-order valence-electron chi connectivity index (χ4n) is 3.17. The van der Waals surface area contributed by atoms with Crippen LogP contribution < -0.4 is 10.1 Å². The van der Waals surface area contributed by atoms with Gasteiger partial charge in [-0.3, -0.25) is 4.98 Å². The van der Waals surface area contributed by atoms with Crippen molar-refractivity contribution in [1.82, 2.24) is 19.9 Å². The number of ether oxygens (including phenoxy) is 1. The number of nitrogens with one attached hydrogen (secondary N) is 1. The van der Waals surface area contributed by atoms with Crippen LogP contribution in [-0.4, -0.2) is 35.8 Å². The lowest BCUT2D eigenvalue weighted by Gasteiger charge is -2.09. The highest BCUT2D eigenvalue weighted by atomic mass is 32.2. The monoisotopic (exact) mass is 448 g/mol. The molecule has 0 amide bonds. The average Bonchev–Trinajstić information content (AvgIpc) is 3.31. The molecular weight excluding hydrogens is 424 g/mol. The predicted octanol–water partition coefficient (Wildman–Crippen LogP) is 3.93. The minimum absolute atomic E-state index is 0.266. The Labute approximate surface area is 187 Å². The molecule has 0 aliphatic rings. The fourth-order valence-corrected chi connectivity index (χ4v) is 3.80. The van der Waals surface area contributed by atoms with Gasteiger partial charge in [0.25, 0.3) is 0 Å². The lowest BCUT2D eigenvalue weighted by atomic mass is 10.1. The number of imidazole rings is 1. The molecule has 32 heavy (non-hydrogen) atoms. The number of benzene rings is 2. The van der Waals surface area contributed by atoms with Gasteiger partial charge in [0.05, 0.1) is 22.6 Å². The second kappa shape index (κ2) is 9.76. The maximum atomic E-state index is 11.6. The van der Waals surface area contributed by atoms with Gasteiger partial charge in [0, 0.05) is 43.8 Å². The van der Waals surface area contributed by atoms with E-state index >= 15 is 0 Å². The second-order valence-corrected chi connectivity index (χ2v) is 9.38. The van der Waals surface area contributed by atoms with E-state index in [1.54, 1.807) is 24.7 Å². The zero-order chi connectivity index (χ0) is 22.4. The normalized spacial score (nSPS) is 11.4. The van der Waals surface area contributed by atoms with Gasteiger partial charge in [0.2, 0.25) is 0 Å². The third kappa shape index (κ3) is 5.81. The Morgan fingerprint density at radius 2 is 1.69 bits per heavy atom. The van der Waals surface area contributed by atoms with Gasteiger partial charge in [-0.15, -0.1) is 0 Å². The van der Waals surface area contributed by atoms with Crippen LogP contribution in [0.2, 0.25) is 0 Å². The summed E-state index contributed by atoms with van der Waals surface area (Å²) in [6.07, 6.45) is 6.70. The molecule has 0 bridgehead atoms. The van der Waals surface area contributed by atoms with E-state index in [4.69, 9.17) is 9.72 Å². The maximum absolute atomic E-state index is 11.6. The van der Waals surface area contributed by atoms with E-state index in [0.29, 0.717) is 18.0 Å². The molecule has 0 aliphatic carbocycles. The number of rotatable bonds is 9. The summed E-state index contributed by atoms with van der Waals surface area (Å²) in [5.74, 6) is 1.24. The fraction of sp³-hybridized carbons (Fsp3) is 0.167. The van der Waals surface area contributed by atoms with Gasteiger partial charge in [-0.1, -0.05) is 6.07 Å². The van der Waals surface area contributed by atoms with Gasteiger partial charge in [-0.2, -0.15) is 0 Å². The van der Waals surface area contributed by atoms with Crippen LogP contribution in [0.3, 0.4) is 0 Å². The molecule has 0 spiro atoms. The van der Waals surface area contributed by atoms with Crippen molar-refractivity contribution in [3.8, 4) is 22.8 Å². The van der Waals surface area contributed by atoms with Crippen molar-refractivity contribution in [1.29, 1.82) is 0 Å². The molecule has 0 saturated carbocycles. The smallest absolute Gasteiger partial charge is 0.175 e. The molecule has 0 atom stereocenters. The summed E-state index contributed by atoms with van der Waals surface area (Å²) in [5, 5.41) is 3.40. The topological polar surface area (TPSA) is 86.1 Å². The van der Waals surface area contributed by atoms with Crippen LogP contribution in [0.5, 0.6) is 11.5 Å². The molecule has 0 saturated heterocycles. The Bertz CT molecular complexity index is 1250. The van der Waals surface area contributed by atoms with Crippen molar-refractivity contribution in [3.05, 3.63) is 91.1 Å². The third-order valence-corrected chi connectivity index (χ3v) is 5.98. The highest BCUT2D eigenvalue weighted by Gasteiger charge is 2.07. The maximum Gasteiger partial charge on any atom is 0.175 e. The standard InChI is InChI=1S/C24H24N4O3S/c1-32(29,30)23-11-9-22(10-12-23)31-21-7-5-19(6-8-21)24-4-2-3-20(27-24)17-25-13-15-28-16-14-26-18-28/h2-12,14,16,18,25H,13,15,17H2,1H3. The van der Waals surface area contributed by atoms with Crippen LogP contribution in [0, 0.1) is 0 Å². The van der Waals surface area contributed by atoms with Gasteiger partial charge in [0.1, 0.15) is 11.5 Å². The first-order valence-electron chi connectivity index (χ1n) is 10.2. The quantitative estimate of drug-likeness (QED) is 0.391. The Morgan fingerprint density at radius 1 is 0.969 bits per heavy atom. The number of nitrogens with zero attached hydrogens (tertiary/aromatic N) is 3. The van der Waals surface area contributed by atoms with Crippen molar-refractivity contribution in [2.24, 2.45) is 0 Å². The van der Waals surface area contributed by atoms with E-state index in [9.17, 15) is 8.42 Å². The Hall–Kier alpha value is -3.49. The van der Waals surface area contributed by atoms with Crippen LogP contribution in [0.4, 0.5) is 0 Å². The summed E-state index contributed by atoms with van der Waals surface area (Å²) >= 11 is 0. The lowest BCUT2D eigenvalue weighted by Crippen LogP contribution is -2.19. The first-order chi connectivity index (χ1) is 15.5. The molecule has 0 radical (unpaired) electrons. The van der Waals surface area contributed by atoms with Crippen molar-refractivity contribution in [3.63, 3.8) is 0 Å². The van der Waals surface area contributed by atoms with Crippen LogP contribution in [0.15, 0.2) is 90.3 Å². The Morgan fingerprint density at radius 3 is 2.34 bits per heavy atom. The molecule has 2 aromatic heterocycles. The van der Waals surface area contributed by atoms with Crippen molar-refractivity contribution in [2.45, 2.75) is 18.0 Å². The minimum Gasteiger partial charge on any atom is -0.457 e. The molecule has 4 rings (SSSR count). The summed E-state index contributed by atoms with van der Waals surface area (Å²) in [6.45, 7) is 2.38. The van der Waals surface area contributed by atoms with Crippen LogP contribution in [-0.2, 0) is 22.9 Å². The van der Waals surface area contributed by atoms with Crippen molar-refractivity contribution < 1.29 is 13.2 Å². The number of aromatic nitrogens is 3.